The average molecular weight is 602 g/mol. The highest BCUT2D eigenvalue weighted by atomic mass is 127. The Morgan fingerprint density at radius 3 is 2.17 bits per heavy atom. The summed E-state index contributed by atoms with van der Waals surface area (Å²) in [6.07, 6.45) is -1.87. The van der Waals surface area contributed by atoms with Gasteiger partial charge in [-0.1, -0.05) is 15.9 Å². The van der Waals surface area contributed by atoms with Gasteiger partial charge < -0.3 is 9.47 Å². The molecule has 0 aliphatic rings. The molecule has 1 N–H and O–H groups in total. The number of sulfonamides is 1. The largest absolute Gasteiger partial charge is 0.443 e. The predicted molar refractivity (Wildman–Crippen MR) is 118 cm³/mol. The first kappa shape index (κ1) is 23.9. The molecular weight excluding hydrogens is 581 g/mol. The smallest absolute Gasteiger partial charge is 0.435 e. The van der Waals surface area contributed by atoms with E-state index in [0.29, 0.717) is 4.47 Å². The third kappa shape index (κ3) is 6.04. The highest BCUT2D eigenvalue weighted by Crippen LogP contribution is 2.32. The van der Waals surface area contributed by atoms with Crippen LogP contribution in [0.25, 0.3) is 10.9 Å². The summed E-state index contributed by atoms with van der Waals surface area (Å²) >= 11 is 5.06. The lowest BCUT2D eigenvalue weighted by molar-refractivity contribution is 0.0519. The molecule has 0 saturated heterocycles. The number of ether oxygens (including phenoxy) is 2. The third-order valence-electron chi connectivity index (χ3n) is 3.14. The molecule has 0 fully saturated rings. The van der Waals surface area contributed by atoms with Crippen molar-refractivity contribution in [1.82, 2.24) is 14.5 Å². The molecule has 0 aliphatic heterocycles. The maximum Gasteiger partial charge on any atom is 0.435 e. The number of nitrogens with one attached hydrogen (secondary N) is 1. The zero-order chi connectivity index (χ0) is 22.4. The molecular formula is C17H21BrIN3O6S. The van der Waals surface area contributed by atoms with Crippen molar-refractivity contribution in [2.24, 2.45) is 0 Å². The molecule has 9 nitrogen and oxygen atoms in total. The first-order chi connectivity index (χ1) is 13.0. The molecule has 0 aliphatic carbocycles. The van der Waals surface area contributed by atoms with Gasteiger partial charge in [-0.05, 0) is 76.3 Å². The van der Waals surface area contributed by atoms with Crippen molar-refractivity contribution in [3.63, 3.8) is 0 Å². The Morgan fingerprint density at radius 1 is 1.10 bits per heavy atom. The number of halogens is 2. The quantitative estimate of drug-likeness (QED) is 0.507. The Kier molecular flexibility index (Phi) is 6.60. The number of rotatable bonds is 2. The molecule has 1 aromatic heterocycles. The van der Waals surface area contributed by atoms with Crippen molar-refractivity contribution in [3.05, 3.63) is 20.3 Å². The van der Waals surface area contributed by atoms with Crippen molar-refractivity contribution in [2.45, 2.75) is 57.6 Å². The lowest BCUT2D eigenvalue weighted by atomic mass is 10.2. The van der Waals surface area contributed by atoms with Gasteiger partial charge in [0.15, 0.2) is 0 Å². The summed E-state index contributed by atoms with van der Waals surface area (Å²) in [6, 6.07) is 2.86. The summed E-state index contributed by atoms with van der Waals surface area (Å²) in [5.41, 5.74) is -1.43. The molecule has 12 heteroatoms. The topological polar surface area (TPSA) is 117 Å². The van der Waals surface area contributed by atoms with E-state index in [2.05, 4.69) is 21.0 Å². The minimum absolute atomic E-state index is 0.177. The van der Waals surface area contributed by atoms with E-state index < -0.39 is 33.4 Å². The Labute approximate surface area is 190 Å². The van der Waals surface area contributed by atoms with E-state index in [9.17, 15) is 18.0 Å². The van der Waals surface area contributed by atoms with Crippen molar-refractivity contribution < 1.29 is 27.5 Å². The number of amides is 1. The molecule has 0 saturated carbocycles. The number of aromatic nitrogens is 2. The zero-order valence-corrected chi connectivity index (χ0v) is 21.2. The fraction of sp³-hybridized carbons (Fsp3) is 0.471. The van der Waals surface area contributed by atoms with Crippen LogP contribution in [0.1, 0.15) is 41.5 Å². The Balaban J connectivity index is 2.58. The SMILES string of the molecule is CC(C)(C)OC(=O)NS(=O)(=O)c1cc(Br)cc2c1c(I)nn2C(=O)OC(C)(C)C. The van der Waals surface area contributed by atoms with Crippen LogP contribution in [0.5, 0.6) is 0 Å². The normalized spacial score (nSPS) is 12.7. The second kappa shape index (κ2) is 8.02. The average Bonchev–Trinajstić information content (AvgIpc) is 2.79. The van der Waals surface area contributed by atoms with Gasteiger partial charge in [-0.2, -0.15) is 9.78 Å². The number of carbonyl (C=O) groups excluding carboxylic acids is 2. The lowest BCUT2D eigenvalue weighted by Crippen LogP contribution is -2.36. The summed E-state index contributed by atoms with van der Waals surface area (Å²) in [7, 11) is -4.32. The summed E-state index contributed by atoms with van der Waals surface area (Å²) in [6.45, 7) is 9.97. The zero-order valence-electron chi connectivity index (χ0n) is 16.7. The van der Waals surface area contributed by atoms with Crippen LogP contribution in [-0.2, 0) is 19.5 Å². The van der Waals surface area contributed by atoms with Crippen molar-refractivity contribution >= 4 is 71.6 Å². The van der Waals surface area contributed by atoms with Gasteiger partial charge in [0, 0.05) is 4.47 Å². The molecule has 0 unspecified atom stereocenters. The molecule has 0 atom stereocenters. The van der Waals surface area contributed by atoms with Crippen LogP contribution in [0.3, 0.4) is 0 Å². The summed E-state index contributed by atoms with van der Waals surface area (Å²) in [5, 5.41) is 4.30. The Morgan fingerprint density at radius 2 is 1.66 bits per heavy atom. The van der Waals surface area contributed by atoms with Gasteiger partial charge in [0.05, 0.1) is 10.9 Å². The second-order valence-corrected chi connectivity index (χ2v) is 11.7. The fourth-order valence-electron chi connectivity index (χ4n) is 2.25. The minimum Gasteiger partial charge on any atom is -0.443 e. The molecule has 2 rings (SSSR count). The van der Waals surface area contributed by atoms with Crippen LogP contribution < -0.4 is 4.72 Å². The number of benzene rings is 1. The van der Waals surface area contributed by atoms with E-state index in [1.165, 1.54) is 6.07 Å². The van der Waals surface area contributed by atoms with Gasteiger partial charge in [-0.15, -0.1) is 0 Å². The molecule has 2 aromatic rings. The van der Waals surface area contributed by atoms with E-state index in [0.717, 1.165) is 4.68 Å². The highest BCUT2D eigenvalue weighted by Gasteiger charge is 2.29. The number of nitrogens with zero attached hydrogens (tertiary/aromatic N) is 2. The third-order valence-corrected chi connectivity index (χ3v) is 5.69. The molecule has 0 bridgehead atoms. The standard InChI is InChI=1S/C17H21BrIN3O6S/c1-16(2,3)27-14(23)21-29(25,26)11-8-9(18)7-10-12(11)13(19)20-22(10)15(24)28-17(4,5)6/h7-8H,1-6H3,(H,21,23). The van der Waals surface area contributed by atoms with Crippen molar-refractivity contribution in [3.8, 4) is 0 Å². The van der Waals surface area contributed by atoms with Crippen molar-refractivity contribution in [1.29, 1.82) is 0 Å². The number of carbonyl (C=O) groups is 2. The van der Waals surface area contributed by atoms with Gasteiger partial charge in [-0.25, -0.2) is 22.7 Å². The second-order valence-electron chi connectivity index (χ2n) is 8.09. The van der Waals surface area contributed by atoms with Crippen LogP contribution in [0.15, 0.2) is 21.5 Å². The molecule has 0 spiro atoms. The number of fused-ring (bicyclic) bond motifs is 1. The first-order valence-corrected chi connectivity index (χ1v) is 11.7. The van der Waals surface area contributed by atoms with Crippen molar-refractivity contribution in [2.75, 3.05) is 0 Å². The number of hydrogen-bond donors (Lipinski definition) is 1. The van der Waals surface area contributed by atoms with Gasteiger partial charge in [0.25, 0.3) is 10.0 Å². The van der Waals surface area contributed by atoms with Crippen LogP contribution in [0.4, 0.5) is 9.59 Å². The lowest BCUT2D eigenvalue weighted by Gasteiger charge is -2.20. The van der Waals surface area contributed by atoms with Crippen LogP contribution in [0.2, 0.25) is 0 Å². The molecule has 1 aromatic carbocycles. The maximum absolute atomic E-state index is 12.9. The van der Waals surface area contributed by atoms with Crippen LogP contribution in [0, 0.1) is 3.70 Å². The van der Waals surface area contributed by atoms with Crippen LogP contribution in [-0.4, -0.2) is 41.6 Å². The monoisotopic (exact) mass is 601 g/mol. The van der Waals surface area contributed by atoms with Crippen LogP contribution >= 0.6 is 38.5 Å². The Hall–Kier alpha value is -1.41. The molecule has 1 heterocycles. The van der Waals surface area contributed by atoms with Gasteiger partial charge in [-0.3, -0.25) is 0 Å². The van der Waals surface area contributed by atoms with Gasteiger partial charge >= 0.3 is 12.2 Å². The van der Waals surface area contributed by atoms with Gasteiger partial charge in [0.1, 0.15) is 19.8 Å². The van der Waals surface area contributed by atoms with E-state index in [-0.39, 0.29) is 19.5 Å². The van der Waals surface area contributed by atoms with E-state index >= 15 is 0 Å². The summed E-state index contributed by atoms with van der Waals surface area (Å²) in [5.74, 6) is 0. The fourth-order valence-corrected chi connectivity index (χ4v) is 4.94. The summed E-state index contributed by atoms with van der Waals surface area (Å²) < 4.78 is 39.6. The molecule has 29 heavy (non-hydrogen) atoms. The van der Waals surface area contributed by atoms with E-state index in [1.54, 1.807) is 47.6 Å². The molecule has 0 radical (unpaired) electrons. The Bertz CT molecular complexity index is 1080. The minimum atomic E-state index is -4.32. The van der Waals surface area contributed by atoms with E-state index in [4.69, 9.17) is 9.47 Å². The highest BCUT2D eigenvalue weighted by molar-refractivity contribution is 14.1. The predicted octanol–water partition coefficient (Wildman–Crippen LogP) is 4.40. The first-order valence-electron chi connectivity index (χ1n) is 8.37. The number of hydrogen-bond acceptors (Lipinski definition) is 7. The molecule has 160 valence electrons. The summed E-state index contributed by atoms with van der Waals surface area (Å²) in [4.78, 5) is 24.3. The molecule has 1 amide bonds. The van der Waals surface area contributed by atoms with Gasteiger partial charge in [0.2, 0.25) is 0 Å². The van der Waals surface area contributed by atoms with E-state index in [1.807, 2.05) is 27.3 Å². The maximum atomic E-state index is 12.9.